The summed E-state index contributed by atoms with van der Waals surface area (Å²) in [5.41, 5.74) is 0.493. The number of sulfonamides is 1. The van der Waals surface area contributed by atoms with Crippen molar-refractivity contribution in [2.75, 3.05) is 44.4 Å². The highest BCUT2D eigenvalue weighted by atomic mass is 32.2. The van der Waals surface area contributed by atoms with Gasteiger partial charge in [-0.15, -0.1) is 0 Å². The lowest BCUT2D eigenvalue weighted by Gasteiger charge is -2.27. The molecule has 0 aromatic heterocycles. The molecule has 0 bridgehead atoms. The Kier molecular flexibility index (Phi) is 6.58. The molecular formula is C17H25N3O6S2. The molecule has 0 saturated carbocycles. The van der Waals surface area contributed by atoms with Crippen LogP contribution in [-0.4, -0.2) is 71.5 Å². The van der Waals surface area contributed by atoms with Crippen LogP contribution in [0.15, 0.2) is 29.2 Å². The van der Waals surface area contributed by atoms with Gasteiger partial charge in [0.25, 0.3) is 0 Å². The Morgan fingerprint density at radius 1 is 1.18 bits per heavy atom. The number of hydrogen-bond acceptors (Lipinski definition) is 6. The molecule has 2 fully saturated rings. The number of carbonyl (C=O) groups excluding carboxylic acids is 1. The van der Waals surface area contributed by atoms with Crippen molar-refractivity contribution in [1.82, 2.24) is 14.9 Å². The SMILES string of the molecule is O=C(NCc1ccccc1S(=O)(=O)N1CCOCC1)NC[C@@H]1CCS(=O)(=O)C1. The highest BCUT2D eigenvalue weighted by molar-refractivity contribution is 7.91. The molecule has 2 aliphatic rings. The Bertz CT molecular complexity index is 911. The fourth-order valence-corrected chi connectivity index (χ4v) is 6.83. The van der Waals surface area contributed by atoms with Gasteiger partial charge in [0.05, 0.1) is 29.6 Å². The molecule has 0 aliphatic carbocycles. The smallest absolute Gasteiger partial charge is 0.315 e. The number of morpholine rings is 1. The van der Waals surface area contributed by atoms with Crippen molar-refractivity contribution < 1.29 is 26.4 Å². The predicted octanol–water partition coefficient (Wildman–Crippen LogP) is -0.0586. The highest BCUT2D eigenvalue weighted by Crippen LogP contribution is 2.21. The predicted molar refractivity (Wildman–Crippen MR) is 103 cm³/mol. The molecule has 2 amide bonds. The Labute approximate surface area is 165 Å². The van der Waals surface area contributed by atoms with Crippen molar-refractivity contribution >= 4 is 25.9 Å². The van der Waals surface area contributed by atoms with Gasteiger partial charge in [-0.3, -0.25) is 0 Å². The minimum atomic E-state index is -3.66. The molecule has 2 heterocycles. The van der Waals surface area contributed by atoms with Gasteiger partial charge in [-0.1, -0.05) is 18.2 Å². The van der Waals surface area contributed by atoms with E-state index in [9.17, 15) is 21.6 Å². The third-order valence-electron chi connectivity index (χ3n) is 4.88. The van der Waals surface area contributed by atoms with E-state index in [2.05, 4.69) is 10.6 Å². The summed E-state index contributed by atoms with van der Waals surface area (Å²) in [7, 11) is -6.65. The maximum atomic E-state index is 12.9. The summed E-state index contributed by atoms with van der Waals surface area (Å²) in [5.74, 6) is 0.173. The van der Waals surface area contributed by atoms with Crippen molar-refractivity contribution in [1.29, 1.82) is 0 Å². The number of hydrogen-bond donors (Lipinski definition) is 2. The topological polar surface area (TPSA) is 122 Å². The average Bonchev–Trinajstić information content (AvgIpc) is 3.04. The van der Waals surface area contributed by atoms with Gasteiger partial charge in [-0.05, 0) is 24.0 Å². The zero-order valence-electron chi connectivity index (χ0n) is 15.5. The lowest BCUT2D eigenvalue weighted by molar-refractivity contribution is 0.0730. The second-order valence-electron chi connectivity index (χ2n) is 6.96. The molecule has 9 nitrogen and oxygen atoms in total. The lowest BCUT2D eigenvalue weighted by Crippen LogP contribution is -2.41. The minimum Gasteiger partial charge on any atom is -0.379 e. The van der Waals surface area contributed by atoms with Gasteiger partial charge < -0.3 is 15.4 Å². The van der Waals surface area contributed by atoms with Crippen LogP contribution in [-0.2, 0) is 31.1 Å². The summed E-state index contributed by atoms with van der Waals surface area (Å²) in [6.45, 7) is 1.65. The normalized spacial score (nSPS) is 22.6. The van der Waals surface area contributed by atoms with Crippen LogP contribution in [0.4, 0.5) is 4.79 Å². The van der Waals surface area contributed by atoms with Crippen LogP contribution in [0.3, 0.4) is 0 Å². The minimum absolute atomic E-state index is 0.0501. The fourth-order valence-electron chi connectivity index (χ4n) is 3.34. The van der Waals surface area contributed by atoms with E-state index in [-0.39, 0.29) is 35.4 Å². The van der Waals surface area contributed by atoms with Crippen molar-refractivity contribution in [2.24, 2.45) is 5.92 Å². The molecule has 2 aliphatic heterocycles. The first-order valence-corrected chi connectivity index (χ1v) is 12.4. The number of urea groups is 1. The van der Waals surface area contributed by atoms with Crippen LogP contribution in [0, 0.1) is 5.92 Å². The first-order chi connectivity index (χ1) is 13.3. The summed E-state index contributed by atoms with van der Waals surface area (Å²) in [5, 5.41) is 5.32. The zero-order valence-corrected chi connectivity index (χ0v) is 17.1. The lowest BCUT2D eigenvalue weighted by atomic mass is 10.1. The van der Waals surface area contributed by atoms with E-state index in [0.29, 0.717) is 38.3 Å². The monoisotopic (exact) mass is 431 g/mol. The van der Waals surface area contributed by atoms with Crippen molar-refractivity contribution in [3.05, 3.63) is 29.8 Å². The maximum Gasteiger partial charge on any atom is 0.315 e. The third kappa shape index (κ3) is 5.22. The summed E-state index contributed by atoms with van der Waals surface area (Å²) >= 11 is 0. The molecule has 1 aromatic rings. The number of carbonyl (C=O) groups is 1. The van der Waals surface area contributed by atoms with Crippen LogP contribution in [0.2, 0.25) is 0 Å². The second-order valence-corrected chi connectivity index (χ2v) is 11.1. The van der Waals surface area contributed by atoms with Gasteiger partial charge in [0.1, 0.15) is 0 Å². The molecule has 2 N–H and O–H groups in total. The van der Waals surface area contributed by atoms with E-state index in [4.69, 9.17) is 4.74 Å². The molecular weight excluding hydrogens is 406 g/mol. The molecule has 0 radical (unpaired) electrons. The van der Waals surface area contributed by atoms with Gasteiger partial charge in [-0.25, -0.2) is 21.6 Å². The van der Waals surface area contributed by atoms with E-state index >= 15 is 0 Å². The Morgan fingerprint density at radius 3 is 2.57 bits per heavy atom. The molecule has 156 valence electrons. The Balaban J connectivity index is 1.58. The van der Waals surface area contributed by atoms with Crippen LogP contribution in [0.5, 0.6) is 0 Å². The molecule has 2 saturated heterocycles. The summed E-state index contributed by atoms with van der Waals surface area (Å²) < 4.78 is 55.3. The summed E-state index contributed by atoms with van der Waals surface area (Å²) in [6.07, 6.45) is 0.545. The Morgan fingerprint density at radius 2 is 1.89 bits per heavy atom. The number of ether oxygens (including phenoxy) is 1. The number of benzene rings is 1. The standard InChI is InChI=1S/C17H25N3O6S2/c21-17(18-11-14-5-10-27(22,23)13-14)19-12-15-3-1-2-4-16(15)28(24,25)20-6-8-26-9-7-20/h1-4,14H,5-13H2,(H2,18,19,21)/t14-/m0/s1. The number of nitrogens with zero attached hydrogens (tertiary/aromatic N) is 1. The largest absolute Gasteiger partial charge is 0.379 e. The molecule has 1 aromatic carbocycles. The fraction of sp³-hybridized carbons (Fsp3) is 0.588. The first kappa shape index (κ1) is 21.0. The number of sulfone groups is 1. The molecule has 28 heavy (non-hydrogen) atoms. The maximum absolute atomic E-state index is 12.9. The van der Waals surface area contributed by atoms with Crippen LogP contribution in [0.1, 0.15) is 12.0 Å². The quantitative estimate of drug-likeness (QED) is 0.651. The van der Waals surface area contributed by atoms with Crippen molar-refractivity contribution in [3.63, 3.8) is 0 Å². The van der Waals surface area contributed by atoms with Gasteiger partial charge in [0.2, 0.25) is 10.0 Å². The second kappa shape index (κ2) is 8.76. The number of amides is 2. The Hall–Kier alpha value is -1.69. The van der Waals surface area contributed by atoms with Crippen molar-refractivity contribution in [3.8, 4) is 0 Å². The molecule has 3 rings (SSSR count). The van der Waals surface area contributed by atoms with Gasteiger partial charge in [0.15, 0.2) is 9.84 Å². The summed E-state index contributed by atoms with van der Waals surface area (Å²) in [4.78, 5) is 12.2. The highest BCUT2D eigenvalue weighted by Gasteiger charge is 2.29. The van der Waals surface area contributed by atoms with Gasteiger partial charge in [-0.2, -0.15) is 4.31 Å². The van der Waals surface area contributed by atoms with Crippen LogP contribution in [0.25, 0.3) is 0 Å². The summed E-state index contributed by atoms with van der Waals surface area (Å²) in [6, 6.07) is 6.11. The van der Waals surface area contributed by atoms with Crippen molar-refractivity contribution in [2.45, 2.75) is 17.9 Å². The van der Waals surface area contributed by atoms with Gasteiger partial charge >= 0.3 is 6.03 Å². The molecule has 11 heteroatoms. The van der Waals surface area contributed by atoms with E-state index in [1.165, 1.54) is 10.4 Å². The van der Waals surface area contributed by atoms with Crippen LogP contribution < -0.4 is 10.6 Å². The van der Waals surface area contributed by atoms with E-state index < -0.39 is 25.9 Å². The third-order valence-corrected chi connectivity index (χ3v) is 8.71. The molecule has 0 spiro atoms. The number of rotatable bonds is 6. The number of nitrogens with one attached hydrogen (secondary N) is 2. The zero-order chi connectivity index (χ0) is 20.2. The van der Waals surface area contributed by atoms with E-state index in [1.807, 2.05) is 0 Å². The molecule has 1 atom stereocenters. The van der Waals surface area contributed by atoms with E-state index in [1.54, 1.807) is 18.2 Å². The first-order valence-electron chi connectivity index (χ1n) is 9.16. The average molecular weight is 432 g/mol. The molecule has 0 unspecified atom stereocenters. The van der Waals surface area contributed by atoms with Gasteiger partial charge in [0, 0.05) is 26.2 Å². The van der Waals surface area contributed by atoms with Crippen LogP contribution >= 0.6 is 0 Å². The van der Waals surface area contributed by atoms with E-state index in [0.717, 1.165) is 0 Å².